The van der Waals surface area contributed by atoms with Gasteiger partial charge in [0.2, 0.25) is 10.0 Å². The highest BCUT2D eigenvalue weighted by Crippen LogP contribution is 2.29. The van der Waals surface area contributed by atoms with Gasteiger partial charge in [0.25, 0.3) is 0 Å². The third-order valence-corrected chi connectivity index (χ3v) is 7.00. The lowest BCUT2D eigenvalue weighted by Gasteiger charge is -2.35. The number of hydrogen-bond donors (Lipinski definition) is 0. The van der Waals surface area contributed by atoms with E-state index in [4.69, 9.17) is 16.3 Å². The first-order valence-corrected chi connectivity index (χ1v) is 10.3. The van der Waals surface area contributed by atoms with Gasteiger partial charge in [0.1, 0.15) is 5.75 Å². The van der Waals surface area contributed by atoms with Gasteiger partial charge in [-0.2, -0.15) is 4.31 Å². The standard InChI is InChI=1S/C19H23ClN2O3S/c1-14-11-15(2)19(13-18(14)25-3)26(23,24)22-9-7-21(8-10-22)17-6-4-5-16(20)12-17/h4-6,11-13H,7-10H2,1-3H3. The van der Waals surface area contributed by atoms with E-state index in [9.17, 15) is 8.42 Å². The molecule has 1 aliphatic rings. The number of methoxy groups -OCH3 is 1. The molecule has 2 aromatic rings. The Morgan fingerprint density at radius 3 is 2.31 bits per heavy atom. The van der Waals surface area contributed by atoms with Crippen molar-refractivity contribution >= 4 is 27.3 Å². The second-order valence-corrected chi connectivity index (χ2v) is 8.80. The highest BCUT2D eigenvalue weighted by molar-refractivity contribution is 7.89. The Bertz CT molecular complexity index is 907. The van der Waals surface area contributed by atoms with E-state index in [1.807, 2.05) is 44.2 Å². The molecular weight excluding hydrogens is 372 g/mol. The van der Waals surface area contributed by atoms with Crippen molar-refractivity contribution in [3.8, 4) is 5.75 Å². The molecule has 0 radical (unpaired) electrons. The molecular formula is C19H23ClN2O3S. The van der Waals surface area contributed by atoms with E-state index in [0.29, 0.717) is 41.8 Å². The number of nitrogens with zero attached hydrogens (tertiary/aromatic N) is 2. The highest BCUT2D eigenvalue weighted by Gasteiger charge is 2.30. The van der Waals surface area contributed by atoms with Gasteiger partial charge in [0, 0.05) is 43.0 Å². The predicted molar refractivity (Wildman–Crippen MR) is 105 cm³/mol. The maximum atomic E-state index is 13.1. The molecule has 0 unspecified atom stereocenters. The summed E-state index contributed by atoms with van der Waals surface area (Å²) in [7, 11) is -2.00. The molecule has 0 bridgehead atoms. The van der Waals surface area contributed by atoms with Crippen molar-refractivity contribution in [2.24, 2.45) is 0 Å². The average molecular weight is 395 g/mol. The lowest BCUT2D eigenvalue weighted by molar-refractivity contribution is 0.383. The number of halogens is 1. The van der Waals surface area contributed by atoms with E-state index in [2.05, 4.69) is 4.90 Å². The third kappa shape index (κ3) is 3.68. The fourth-order valence-electron chi connectivity index (χ4n) is 3.31. The van der Waals surface area contributed by atoms with E-state index in [-0.39, 0.29) is 0 Å². The van der Waals surface area contributed by atoms with Crippen molar-refractivity contribution in [1.29, 1.82) is 0 Å². The van der Waals surface area contributed by atoms with Crippen molar-refractivity contribution in [3.05, 3.63) is 52.5 Å². The predicted octanol–water partition coefficient (Wildman–Crippen LogP) is 3.48. The second-order valence-electron chi connectivity index (χ2n) is 6.46. The molecule has 2 aromatic carbocycles. The molecule has 140 valence electrons. The number of rotatable bonds is 4. The van der Waals surface area contributed by atoms with Crippen molar-refractivity contribution in [1.82, 2.24) is 4.31 Å². The molecule has 0 amide bonds. The summed E-state index contributed by atoms with van der Waals surface area (Å²) in [4.78, 5) is 2.47. The summed E-state index contributed by atoms with van der Waals surface area (Å²) in [6, 6.07) is 11.1. The van der Waals surface area contributed by atoms with Crippen LogP contribution in [-0.4, -0.2) is 46.0 Å². The largest absolute Gasteiger partial charge is 0.496 e. The lowest BCUT2D eigenvalue weighted by atomic mass is 10.1. The summed E-state index contributed by atoms with van der Waals surface area (Å²) < 4.78 is 33.1. The Kier molecular flexibility index (Phi) is 5.46. The number of anilines is 1. The summed E-state index contributed by atoms with van der Waals surface area (Å²) in [5, 5.41) is 0.680. The smallest absolute Gasteiger partial charge is 0.243 e. The van der Waals surface area contributed by atoms with Crippen molar-refractivity contribution in [2.75, 3.05) is 38.2 Å². The van der Waals surface area contributed by atoms with E-state index in [0.717, 1.165) is 16.8 Å². The van der Waals surface area contributed by atoms with Crippen LogP contribution in [0, 0.1) is 13.8 Å². The SMILES string of the molecule is COc1cc(S(=O)(=O)N2CCN(c3cccc(Cl)c3)CC2)c(C)cc1C. The van der Waals surface area contributed by atoms with Crippen LogP contribution in [0.5, 0.6) is 5.75 Å². The van der Waals surface area contributed by atoms with Crippen LogP contribution in [0.4, 0.5) is 5.69 Å². The quantitative estimate of drug-likeness (QED) is 0.796. The third-order valence-electron chi connectivity index (χ3n) is 4.72. The van der Waals surface area contributed by atoms with Crippen molar-refractivity contribution in [2.45, 2.75) is 18.7 Å². The maximum Gasteiger partial charge on any atom is 0.243 e. The van der Waals surface area contributed by atoms with Gasteiger partial charge in [-0.05, 0) is 43.2 Å². The van der Waals surface area contributed by atoms with Gasteiger partial charge in [-0.25, -0.2) is 8.42 Å². The Labute approximate surface area is 160 Å². The van der Waals surface area contributed by atoms with E-state index < -0.39 is 10.0 Å². The molecule has 1 fully saturated rings. The number of sulfonamides is 1. The summed E-state index contributed by atoms with van der Waals surface area (Å²) in [5.74, 6) is 0.590. The zero-order valence-corrected chi connectivity index (χ0v) is 16.8. The molecule has 0 saturated carbocycles. The van der Waals surface area contributed by atoms with Gasteiger partial charge in [0.05, 0.1) is 12.0 Å². The Hall–Kier alpha value is -1.76. The lowest BCUT2D eigenvalue weighted by Crippen LogP contribution is -2.48. The number of ether oxygens (including phenoxy) is 1. The molecule has 0 atom stereocenters. The normalized spacial score (nSPS) is 15.9. The summed E-state index contributed by atoms with van der Waals surface area (Å²) in [5.41, 5.74) is 2.68. The first kappa shape index (κ1) is 19.0. The number of benzene rings is 2. The van der Waals surface area contributed by atoms with Crippen LogP contribution in [0.2, 0.25) is 5.02 Å². The first-order valence-electron chi connectivity index (χ1n) is 8.49. The van der Waals surface area contributed by atoms with Gasteiger partial charge in [-0.3, -0.25) is 0 Å². The molecule has 0 spiro atoms. The second kappa shape index (κ2) is 7.47. The number of hydrogen-bond acceptors (Lipinski definition) is 4. The Morgan fingerprint density at radius 2 is 1.69 bits per heavy atom. The summed E-state index contributed by atoms with van der Waals surface area (Å²) in [6.07, 6.45) is 0. The minimum Gasteiger partial charge on any atom is -0.496 e. The summed E-state index contributed by atoms with van der Waals surface area (Å²) in [6.45, 7) is 5.85. The van der Waals surface area contributed by atoms with Crippen LogP contribution in [0.1, 0.15) is 11.1 Å². The molecule has 0 aromatic heterocycles. The number of aryl methyl sites for hydroxylation is 2. The van der Waals surface area contributed by atoms with Crippen molar-refractivity contribution in [3.63, 3.8) is 0 Å². The Balaban J connectivity index is 1.80. The molecule has 0 N–H and O–H groups in total. The van der Waals surface area contributed by atoms with Crippen LogP contribution < -0.4 is 9.64 Å². The van der Waals surface area contributed by atoms with Gasteiger partial charge in [-0.1, -0.05) is 23.7 Å². The van der Waals surface area contributed by atoms with Crippen LogP contribution in [0.3, 0.4) is 0 Å². The molecule has 26 heavy (non-hydrogen) atoms. The van der Waals surface area contributed by atoms with Gasteiger partial charge in [0.15, 0.2) is 0 Å². The van der Waals surface area contributed by atoms with E-state index in [1.54, 1.807) is 17.5 Å². The fourth-order valence-corrected chi connectivity index (χ4v) is 5.14. The zero-order valence-electron chi connectivity index (χ0n) is 15.2. The monoisotopic (exact) mass is 394 g/mol. The van der Waals surface area contributed by atoms with Crippen molar-refractivity contribution < 1.29 is 13.2 Å². The van der Waals surface area contributed by atoms with Crippen LogP contribution in [-0.2, 0) is 10.0 Å². The van der Waals surface area contributed by atoms with Gasteiger partial charge >= 0.3 is 0 Å². The molecule has 1 heterocycles. The average Bonchev–Trinajstić information content (AvgIpc) is 2.62. The molecule has 7 heteroatoms. The molecule has 5 nitrogen and oxygen atoms in total. The molecule has 1 saturated heterocycles. The molecule has 3 rings (SSSR count). The number of piperazine rings is 1. The van der Waals surface area contributed by atoms with Crippen LogP contribution >= 0.6 is 11.6 Å². The van der Waals surface area contributed by atoms with Gasteiger partial charge in [-0.15, -0.1) is 0 Å². The minimum absolute atomic E-state index is 0.316. The molecule has 1 aliphatic heterocycles. The topological polar surface area (TPSA) is 49.9 Å². The fraction of sp³-hybridized carbons (Fsp3) is 0.368. The summed E-state index contributed by atoms with van der Waals surface area (Å²) >= 11 is 6.06. The molecule has 0 aliphatic carbocycles. The zero-order chi connectivity index (χ0) is 18.9. The highest BCUT2D eigenvalue weighted by atomic mass is 35.5. The van der Waals surface area contributed by atoms with E-state index >= 15 is 0 Å². The van der Waals surface area contributed by atoms with Crippen LogP contribution in [0.25, 0.3) is 0 Å². The first-order chi connectivity index (χ1) is 12.3. The maximum absolute atomic E-state index is 13.1. The minimum atomic E-state index is -3.56. The van der Waals surface area contributed by atoms with Gasteiger partial charge < -0.3 is 9.64 Å². The Morgan fingerprint density at radius 1 is 1.00 bits per heavy atom. The van der Waals surface area contributed by atoms with Crippen LogP contribution in [0.15, 0.2) is 41.3 Å². The van der Waals surface area contributed by atoms with E-state index in [1.165, 1.54) is 0 Å².